The smallest absolute Gasteiger partial charge is 0.237 e. The van der Waals surface area contributed by atoms with Crippen LogP contribution in [0.5, 0.6) is 0 Å². The van der Waals surface area contributed by atoms with E-state index in [0.717, 1.165) is 15.6 Å². The van der Waals surface area contributed by atoms with Crippen molar-refractivity contribution in [3.63, 3.8) is 0 Å². The second-order valence-corrected chi connectivity index (χ2v) is 5.74. The molecule has 0 saturated carbocycles. The van der Waals surface area contributed by atoms with Crippen molar-refractivity contribution in [2.45, 2.75) is 13.5 Å². The number of amides is 1. The molecule has 0 saturated heterocycles. The highest BCUT2D eigenvalue weighted by Crippen LogP contribution is 2.26. The fourth-order valence-electron chi connectivity index (χ4n) is 2.06. The first kappa shape index (κ1) is 15.3. The van der Waals surface area contributed by atoms with Crippen molar-refractivity contribution in [1.29, 1.82) is 0 Å². The number of hydrogen-bond acceptors (Lipinski definition) is 4. The normalized spacial score (nSPS) is 10.4. The van der Waals surface area contributed by atoms with Crippen molar-refractivity contribution in [3.8, 4) is 0 Å². The molecule has 0 unspecified atom stereocenters. The van der Waals surface area contributed by atoms with E-state index in [1.165, 1.54) is 0 Å². The Morgan fingerprint density at radius 2 is 2.14 bits per heavy atom. The van der Waals surface area contributed by atoms with Gasteiger partial charge in [0, 0.05) is 18.4 Å². The third-order valence-electron chi connectivity index (χ3n) is 2.93. The van der Waals surface area contributed by atoms with Crippen LogP contribution in [0, 0.1) is 6.92 Å². The highest BCUT2D eigenvalue weighted by atomic mass is 79.9. The number of rotatable bonds is 5. The maximum absolute atomic E-state index is 11.3. The average molecular weight is 349 g/mol. The predicted octanol–water partition coefficient (Wildman–Crippen LogP) is 2.23. The van der Waals surface area contributed by atoms with E-state index in [-0.39, 0.29) is 6.54 Å². The molecule has 0 atom stereocenters. The first-order valence-corrected chi connectivity index (χ1v) is 7.25. The summed E-state index contributed by atoms with van der Waals surface area (Å²) in [5, 5.41) is 0. The maximum Gasteiger partial charge on any atom is 0.237 e. The molecule has 1 aromatic carbocycles. The van der Waals surface area contributed by atoms with Crippen LogP contribution in [0.4, 0.5) is 11.5 Å². The lowest BCUT2D eigenvalue weighted by atomic mass is 10.2. The zero-order chi connectivity index (χ0) is 15.4. The Balaban J connectivity index is 2.31. The van der Waals surface area contributed by atoms with Crippen LogP contribution in [0.3, 0.4) is 0 Å². The number of carbonyl (C=O) groups is 1. The number of primary amides is 1. The SMILES string of the molecule is Cc1cnc(N(CC(N)=O)Cc2cccc(N)c2)c(Br)c1. The third-order valence-corrected chi connectivity index (χ3v) is 3.51. The van der Waals surface area contributed by atoms with Crippen LogP contribution in [0.2, 0.25) is 0 Å². The van der Waals surface area contributed by atoms with E-state index in [4.69, 9.17) is 11.5 Å². The van der Waals surface area contributed by atoms with Crippen molar-refractivity contribution < 1.29 is 4.79 Å². The van der Waals surface area contributed by atoms with Gasteiger partial charge in [-0.3, -0.25) is 4.79 Å². The number of nitrogens with zero attached hydrogens (tertiary/aromatic N) is 2. The van der Waals surface area contributed by atoms with E-state index in [0.29, 0.717) is 18.1 Å². The number of aromatic nitrogens is 1. The van der Waals surface area contributed by atoms with E-state index >= 15 is 0 Å². The van der Waals surface area contributed by atoms with Gasteiger partial charge in [0.15, 0.2) is 0 Å². The summed E-state index contributed by atoms with van der Waals surface area (Å²) >= 11 is 3.48. The lowest BCUT2D eigenvalue weighted by Crippen LogP contribution is -2.34. The van der Waals surface area contributed by atoms with Gasteiger partial charge in [-0.15, -0.1) is 0 Å². The molecule has 0 bridgehead atoms. The molecule has 21 heavy (non-hydrogen) atoms. The van der Waals surface area contributed by atoms with Crippen LogP contribution < -0.4 is 16.4 Å². The molecule has 5 nitrogen and oxygen atoms in total. The quantitative estimate of drug-likeness (QED) is 0.811. The molecule has 1 heterocycles. The van der Waals surface area contributed by atoms with Gasteiger partial charge in [-0.2, -0.15) is 0 Å². The first-order chi connectivity index (χ1) is 9.95. The van der Waals surface area contributed by atoms with Gasteiger partial charge in [-0.25, -0.2) is 4.98 Å². The highest BCUT2D eigenvalue weighted by Gasteiger charge is 2.15. The predicted molar refractivity (Wildman–Crippen MR) is 87.8 cm³/mol. The minimum absolute atomic E-state index is 0.0868. The van der Waals surface area contributed by atoms with Crippen molar-refractivity contribution in [2.24, 2.45) is 5.73 Å². The Labute approximate surface area is 132 Å². The molecule has 1 amide bonds. The minimum atomic E-state index is -0.409. The average Bonchev–Trinajstić information content (AvgIpc) is 2.37. The van der Waals surface area contributed by atoms with E-state index in [9.17, 15) is 4.79 Å². The van der Waals surface area contributed by atoms with Crippen molar-refractivity contribution in [1.82, 2.24) is 4.98 Å². The van der Waals surface area contributed by atoms with E-state index in [2.05, 4.69) is 20.9 Å². The number of nitrogens with two attached hydrogens (primary N) is 2. The molecule has 6 heteroatoms. The molecule has 0 aliphatic carbocycles. The molecule has 2 aromatic rings. The van der Waals surface area contributed by atoms with Gasteiger partial charge in [-0.1, -0.05) is 12.1 Å². The van der Waals surface area contributed by atoms with E-state index in [1.54, 1.807) is 6.20 Å². The van der Waals surface area contributed by atoms with Gasteiger partial charge in [0.25, 0.3) is 0 Å². The van der Waals surface area contributed by atoms with Gasteiger partial charge in [0.05, 0.1) is 11.0 Å². The molecule has 110 valence electrons. The molecule has 1 aromatic heterocycles. The Kier molecular flexibility index (Phi) is 4.80. The summed E-state index contributed by atoms with van der Waals surface area (Å²) in [5.74, 6) is 0.273. The summed E-state index contributed by atoms with van der Waals surface area (Å²) in [6.45, 7) is 2.55. The molecular weight excluding hydrogens is 332 g/mol. The maximum atomic E-state index is 11.3. The number of halogens is 1. The largest absolute Gasteiger partial charge is 0.399 e. The van der Waals surface area contributed by atoms with Gasteiger partial charge in [0.1, 0.15) is 5.82 Å². The Bertz CT molecular complexity index is 660. The second kappa shape index (κ2) is 6.58. The molecule has 2 rings (SSSR count). The number of benzene rings is 1. The molecular formula is C15H17BrN4O. The zero-order valence-corrected chi connectivity index (χ0v) is 13.3. The van der Waals surface area contributed by atoms with Crippen LogP contribution in [0.1, 0.15) is 11.1 Å². The second-order valence-electron chi connectivity index (χ2n) is 4.89. The zero-order valence-electron chi connectivity index (χ0n) is 11.7. The van der Waals surface area contributed by atoms with Gasteiger partial charge < -0.3 is 16.4 Å². The van der Waals surface area contributed by atoms with Crippen molar-refractivity contribution >= 4 is 33.3 Å². The summed E-state index contributed by atoms with van der Waals surface area (Å²) in [6.07, 6.45) is 1.76. The number of pyridine rings is 1. The summed E-state index contributed by atoms with van der Waals surface area (Å²) in [6, 6.07) is 9.48. The van der Waals surface area contributed by atoms with Crippen LogP contribution in [-0.4, -0.2) is 17.4 Å². The monoisotopic (exact) mass is 348 g/mol. The fraction of sp³-hybridized carbons (Fsp3) is 0.200. The number of aryl methyl sites for hydroxylation is 1. The summed E-state index contributed by atoms with van der Waals surface area (Å²) < 4.78 is 0.827. The Morgan fingerprint density at radius 1 is 1.38 bits per heavy atom. The molecule has 0 aliphatic heterocycles. The summed E-state index contributed by atoms with van der Waals surface area (Å²) in [7, 11) is 0. The number of carbonyl (C=O) groups excluding carboxylic acids is 1. The van der Waals surface area contributed by atoms with Crippen molar-refractivity contribution in [3.05, 3.63) is 52.1 Å². The van der Waals surface area contributed by atoms with Gasteiger partial charge in [0.2, 0.25) is 5.91 Å². The Morgan fingerprint density at radius 3 is 2.76 bits per heavy atom. The summed E-state index contributed by atoms with van der Waals surface area (Å²) in [4.78, 5) is 17.5. The van der Waals surface area contributed by atoms with E-state index in [1.807, 2.05) is 42.2 Å². The lowest BCUT2D eigenvalue weighted by molar-refractivity contribution is -0.116. The van der Waals surface area contributed by atoms with Crippen LogP contribution in [-0.2, 0) is 11.3 Å². The minimum Gasteiger partial charge on any atom is -0.399 e. The standard InChI is InChI=1S/C15H17BrN4O/c1-10-5-13(16)15(19-7-10)20(9-14(18)21)8-11-3-2-4-12(17)6-11/h2-7H,8-9,17H2,1H3,(H2,18,21). The molecule has 0 fully saturated rings. The fourth-order valence-corrected chi connectivity index (χ4v) is 2.78. The van der Waals surface area contributed by atoms with E-state index < -0.39 is 5.91 Å². The third kappa shape index (κ3) is 4.19. The van der Waals surface area contributed by atoms with Crippen LogP contribution >= 0.6 is 15.9 Å². The molecule has 0 radical (unpaired) electrons. The number of nitrogen functional groups attached to an aromatic ring is 1. The molecule has 0 aliphatic rings. The van der Waals surface area contributed by atoms with Gasteiger partial charge in [-0.05, 0) is 52.2 Å². The first-order valence-electron chi connectivity index (χ1n) is 6.45. The lowest BCUT2D eigenvalue weighted by Gasteiger charge is -2.23. The number of hydrogen-bond donors (Lipinski definition) is 2. The summed E-state index contributed by atoms with van der Waals surface area (Å²) in [5.41, 5.74) is 13.8. The topological polar surface area (TPSA) is 85.2 Å². The number of anilines is 2. The molecule has 4 N–H and O–H groups in total. The van der Waals surface area contributed by atoms with Crippen molar-refractivity contribution in [2.75, 3.05) is 17.2 Å². The van der Waals surface area contributed by atoms with Crippen LogP contribution in [0.25, 0.3) is 0 Å². The van der Waals surface area contributed by atoms with Gasteiger partial charge >= 0.3 is 0 Å². The highest BCUT2D eigenvalue weighted by molar-refractivity contribution is 9.10. The Hall–Kier alpha value is -2.08. The molecule has 0 spiro atoms. The van der Waals surface area contributed by atoms with Crippen LogP contribution in [0.15, 0.2) is 41.0 Å².